The Morgan fingerprint density at radius 2 is 2.15 bits per heavy atom. The van der Waals surface area contributed by atoms with Crippen molar-refractivity contribution in [3.8, 4) is 11.6 Å². The Morgan fingerprint density at radius 1 is 1.30 bits per heavy atom. The first-order valence-corrected chi connectivity index (χ1v) is 6.55. The number of rotatable bonds is 3. The van der Waals surface area contributed by atoms with Crippen LogP contribution < -0.4 is 11.6 Å². The molecule has 3 rings (SSSR count). The first-order chi connectivity index (χ1) is 9.63. The molecule has 3 aromatic heterocycles. The topological polar surface area (TPSA) is 122 Å². The predicted octanol–water partition coefficient (Wildman–Crippen LogP) is 1.43. The third-order valence-electron chi connectivity index (χ3n) is 2.29. The number of nitrogens with two attached hydrogens (primary N) is 2. The summed E-state index contributed by atoms with van der Waals surface area (Å²) in [7, 11) is 0. The molecule has 0 saturated heterocycles. The van der Waals surface area contributed by atoms with Crippen LogP contribution in [0.3, 0.4) is 0 Å². The van der Waals surface area contributed by atoms with Crippen molar-refractivity contribution in [3.63, 3.8) is 0 Å². The molecule has 3 heterocycles. The molecule has 0 fully saturated rings. The predicted molar refractivity (Wildman–Crippen MR) is 73.5 cm³/mol. The van der Waals surface area contributed by atoms with E-state index in [0.29, 0.717) is 21.8 Å². The summed E-state index contributed by atoms with van der Waals surface area (Å²) in [5.41, 5.74) is 5.52. The van der Waals surface area contributed by atoms with Gasteiger partial charge in [0.15, 0.2) is 5.76 Å². The Kier molecular flexibility index (Phi) is 3.20. The van der Waals surface area contributed by atoms with E-state index in [0.717, 1.165) is 0 Å². The molecule has 3 aromatic rings. The van der Waals surface area contributed by atoms with E-state index in [4.69, 9.17) is 27.6 Å². The molecule has 10 heteroatoms. The van der Waals surface area contributed by atoms with Gasteiger partial charge in [0.25, 0.3) is 0 Å². The minimum atomic E-state index is 0.0781. The average molecular weight is 310 g/mol. The average Bonchev–Trinajstić information content (AvgIpc) is 2.99. The first kappa shape index (κ1) is 12.8. The van der Waals surface area contributed by atoms with Crippen molar-refractivity contribution < 1.29 is 4.42 Å². The number of nitrogen functional groups attached to an aromatic ring is 2. The third-order valence-corrected chi connectivity index (χ3v) is 3.36. The van der Waals surface area contributed by atoms with Crippen LogP contribution in [0.25, 0.3) is 11.6 Å². The summed E-state index contributed by atoms with van der Waals surface area (Å²) in [4.78, 5) is 7.80. The smallest absolute Gasteiger partial charge is 0.222 e. The summed E-state index contributed by atoms with van der Waals surface area (Å²) in [5, 5.41) is 9.13. The fraction of sp³-hybridized carbons (Fsp3) is 0. The standard InChI is InChI=1S/C10H8ClN7OS/c11-6-4-7(15-9(12)14-6)20-10-17-16-8(18(10)13)5-2-1-3-19-5/h1-4H,13H2,(H2,12,14,15). The van der Waals surface area contributed by atoms with Gasteiger partial charge in [-0.25, -0.2) is 14.6 Å². The normalized spacial score (nSPS) is 10.8. The van der Waals surface area contributed by atoms with Crippen LogP contribution in [0.5, 0.6) is 0 Å². The molecule has 0 aliphatic carbocycles. The van der Waals surface area contributed by atoms with Crippen molar-refractivity contribution in [3.05, 3.63) is 29.6 Å². The van der Waals surface area contributed by atoms with Gasteiger partial charge in [0, 0.05) is 6.07 Å². The molecule has 0 aromatic carbocycles. The van der Waals surface area contributed by atoms with Gasteiger partial charge < -0.3 is 16.0 Å². The minimum absolute atomic E-state index is 0.0781. The number of anilines is 1. The molecule has 0 unspecified atom stereocenters. The second kappa shape index (κ2) is 5.02. The quantitative estimate of drug-likeness (QED) is 0.550. The Hall–Kier alpha value is -2.26. The maximum absolute atomic E-state index is 5.92. The highest BCUT2D eigenvalue weighted by Gasteiger charge is 2.15. The molecule has 0 aliphatic rings. The van der Waals surface area contributed by atoms with E-state index in [9.17, 15) is 0 Å². The van der Waals surface area contributed by atoms with Gasteiger partial charge in [-0.3, -0.25) is 0 Å². The van der Waals surface area contributed by atoms with Gasteiger partial charge in [-0.05, 0) is 23.9 Å². The van der Waals surface area contributed by atoms with Crippen LogP contribution in [0.4, 0.5) is 5.95 Å². The number of aromatic nitrogens is 5. The van der Waals surface area contributed by atoms with Crippen molar-refractivity contribution in [1.29, 1.82) is 0 Å². The summed E-state index contributed by atoms with van der Waals surface area (Å²) in [5.74, 6) is 6.93. The second-order valence-corrected chi connectivity index (χ2v) is 5.02. The van der Waals surface area contributed by atoms with Crippen LogP contribution in [0.15, 0.2) is 39.1 Å². The zero-order chi connectivity index (χ0) is 14.1. The lowest BCUT2D eigenvalue weighted by Gasteiger charge is -2.02. The lowest BCUT2D eigenvalue weighted by atomic mass is 10.4. The van der Waals surface area contributed by atoms with E-state index in [-0.39, 0.29) is 11.1 Å². The highest BCUT2D eigenvalue weighted by molar-refractivity contribution is 7.99. The SMILES string of the molecule is Nc1nc(Cl)cc(Sc2nnc(-c3ccco3)n2N)n1. The van der Waals surface area contributed by atoms with Gasteiger partial charge in [-0.15, -0.1) is 10.2 Å². The number of nitrogens with zero attached hydrogens (tertiary/aromatic N) is 5. The molecule has 0 radical (unpaired) electrons. The Bertz CT molecular complexity index is 722. The maximum Gasteiger partial charge on any atom is 0.222 e. The third kappa shape index (κ3) is 2.40. The highest BCUT2D eigenvalue weighted by atomic mass is 35.5. The van der Waals surface area contributed by atoms with Crippen LogP contribution in [0.1, 0.15) is 0 Å². The van der Waals surface area contributed by atoms with Crippen molar-refractivity contribution in [2.45, 2.75) is 10.2 Å². The van der Waals surface area contributed by atoms with Crippen molar-refractivity contribution in [2.24, 2.45) is 0 Å². The van der Waals surface area contributed by atoms with Crippen LogP contribution in [0, 0.1) is 0 Å². The molecule has 0 saturated carbocycles. The summed E-state index contributed by atoms with van der Waals surface area (Å²) in [6.45, 7) is 0. The molecule has 0 bridgehead atoms. The lowest BCUT2D eigenvalue weighted by Crippen LogP contribution is -2.11. The molecule has 102 valence electrons. The zero-order valence-corrected chi connectivity index (χ0v) is 11.5. The van der Waals surface area contributed by atoms with Crippen LogP contribution >= 0.6 is 23.4 Å². The van der Waals surface area contributed by atoms with Crippen LogP contribution in [-0.4, -0.2) is 24.8 Å². The number of hydrogen-bond donors (Lipinski definition) is 2. The highest BCUT2D eigenvalue weighted by Crippen LogP contribution is 2.28. The molecule has 8 nitrogen and oxygen atoms in total. The van der Waals surface area contributed by atoms with Gasteiger partial charge in [-0.2, -0.15) is 0 Å². The van der Waals surface area contributed by atoms with Crippen molar-refractivity contribution in [2.75, 3.05) is 11.6 Å². The van der Waals surface area contributed by atoms with Gasteiger partial charge in [-0.1, -0.05) is 11.6 Å². The Labute approximate surface area is 122 Å². The van der Waals surface area contributed by atoms with E-state index in [1.807, 2.05) is 0 Å². The fourth-order valence-corrected chi connectivity index (χ4v) is 2.50. The molecule has 0 atom stereocenters. The Morgan fingerprint density at radius 3 is 2.85 bits per heavy atom. The second-order valence-electron chi connectivity index (χ2n) is 3.64. The number of furan rings is 1. The summed E-state index contributed by atoms with van der Waals surface area (Å²) in [6.07, 6.45) is 1.53. The van der Waals surface area contributed by atoms with Crippen molar-refractivity contribution in [1.82, 2.24) is 24.8 Å². The van der Waals surface area contributed by atoms with E-state index in [2.05, 4.69) is 20.2 Å². The first-order valence-electron chi connectivity index (χ1n) is 5.36. The minimum Gasteiger partial charge on any atom is -0.461 e. The lowest BCUT2D eigenvalue weighted by molar-refractivity contribution is 0.574. The van der Waals surface area contributed by atoms with Gasteiger partial charge in [0.05, 0.1) is 6.26 Å². The van der Waals surface area contributed by atoms with Crippen LogP contribution in [0.2, 0.25) is 5.15 Å². The molecule has 0 spiro atoms. The molecule has 0 amide bonds. The molecular formula is C10H8ClN7OS. The van der Waals surface area contributed by atoms with E-state index >= 15 is 0 Å². The number of halogens is 1. The van der Waals surface area contributed by atoms with Crippen molar-refractivity contribution >= 4 is 29.3 Å². The molecule has 20 heavy (non-hydrogen) atoms. The monoisotopic (exact) mass is 309 g/mol. The van der Waals surface area contributed by atoms with E-state index in [1.54, 1.807) is 18.2 Å². The summed E-state index contributed by atoms with van der Waals surface area (Å²) in [6, 6.07) is 5.03. The molecule has 4 N–H and O–H groups in total. The molecular weight excluding hydrogens is 302 g/mol. The zero-order valence-electron chi connectivity index (χ0n) is 9.89. The van der Waals surface area contributed by atoms with E-state index in [1.165, 1.54) is 22.7 Å². The largest absolute Gasteiger partial charge is 0.461 e. The molecule has 0 aliphatic heterocycles. The summed E-state index contributed by atoms with van der Waals surface area (Å²) >= 11 is 6.98. The van der Waals surface area contributed by atoms with Gasteiger partial charge >= 0.3 is 0 Å². The van der Waals surface area contributed by atoms with Crippen LogP contribution in [-0.2, 0) is 0 Å². The Balaban J connectivity index is 1.92. The van der Waals surface area contributed by atoms with Gasteiger partial charge in [0.1, 0.15) is 10.2 Å². The summed E-state index contributed by atoms with van der Waals surface area (Å²) < 4.78 is 6.52. The van der Waals surface area contributed by atoms with E-state index < -0.39 is 0 Å². The maximum atomic E-state index is 5.92. The fourth-order valence-electron chi connectivity index (χ4n) is 1.48. The van der Waals surface area contributed by atoms with Gasteiger partial charge in [0.2, 0.25) is 16.9 Å². The number of hydrogen-bond acceptors (Lipinski definition) is 8.